The van der Waals surface area contributed by atoms with Crippen LogP contribution in [0.5, 0.6) is 0 Å². The van der Waals surface area contributed by atoms with E-state index in [2.05, 4.69) is 10.4 Å². The van der Waals surface area contributed by atoms with Crippen molar-refractivity contribution in [2.75, 3.05) is 29.9 Å². The van der Waals surface area contributed by atoms with E-state index in [1.807, 2.05) is 49.4 Å². The fourth-order valence-corrected chi connectivity index (χ4v) is 4.61. The van der Waals surface area contributed by atoms with Crippen LogP contribution in [0.15, 0.2) is 71.8 Å². The number of rotatable bonds is 5. The standard InChI is InChI=1S/C27H25FN6O3/c1-17-20(18-10-12-19(13-11-18)34-16-30-31(3)26(34)36)6-4-8-22(17)32-14-15-33(27(32)37)23-9-5-7-21(24(23)28)25(35)29-2/h4-13,16H,14-15H2,1-3H3,(H,29,35). The second-order valence-electron chi connectivity index (χ2n) is 8.71. The summed E-state index contributed by atoms with van der Waals surface area (Å²) in [6, 6.07) is 17.3. The van der Waals surface area contributed by atoms with E-state index in [4.69, 9.17) is 0 Å². The molecule has 3 aromatic carbocycles. The third-order valence-corrected chi connectivity index (χ3v) is 6.63. The molecule has 1 aromatic heterocycles. The second-order valence-corrected chi connectivity index (χ2v) is 8.71. The van der Waals surface area contributed by atoms with Gasteiger partial charge in [-0.05, 0) is 53.9 Å². The molecule has 1 aliphatic rings. The summed E-state index contributed by atoms with van der Waals surface area (Å²) in [6.45, 7) is 2.59. The normalized spacial score (nSPS) is 13.4. The minimum atomic E-state index is -0.727. The maximum atomic E-state index is 15.1. The van der Waals surface area contributed by atoms with Gasteiger partial charge >= 0.3 is 11.7 Å². The average Bonchev–Trinajstić information content (AvgIpc) is 3.45. The number of anilines is 2. The summed E-state index contributed by atoms with van der Waals surface area (Å²) in [4.78, 5) is 40.6. The smallest absolute Gasteiger partial charge is 0.350 e. The first-order valence-electron chi connectivity index (χ1n) is 11.7. The van der Waals surface area contributed by atoms with Crippen LogP contribution in [0, 0.1) is 12.7 Å². The van der Waals surface area contributed by atoms with Gasteiger partial charge in [0.2, 0.25) is 0 Å². The van der Waals surface area contributed by atoms with Crippen molar-refractivity contribution in [3.05, 3.63) is 94.4 Å². The van der Waals surface area contributed by atoms with Crippen LogP contribution < -0.4 is 20.8 Å². The minimum Gasteiger partial charge on any atom is -0.355 e. The van der Waals surface area contributed by atoms with Crippen LogP contribution in [0.2, 0.25) is 0 Å². The number of nitrogens with zero attached hydrogens (tertiary/aromatic N) is 5. The molecule has 10 heteroatoms. The highest BCUT2D eigenvalue weighted by atomic mass is 19.1. The predicted molar refractivity (Wildman–Crippen MR) is 139 cm³/mol. The molecule has 2 heterocycles. The third-order valence-electron chi connectivity index (χ3n) is 6.63. The molecule has 0 bridgehead atoms. The largest absolute Gasteiger partial charge is 0.355 e. The zero-order chi connectivity index (χ0) is 26.3. The number of aromatic nitrogens is 3. The number of nitrogens with one attached hydrogen (secondary N) is 1. The number of hydrogen-bond donors (Lipinski definition) is 1. The average molecular weight is 501 g/mol. The van der Waals surface area contributed by atoms with E-state index < -0.39 is 11.7 Å². The van der Waals surface area contributed by atoms with Crippen molar-refractivity contribution < 1.29 is 14.0 Å². The van der Waals surface area contributed by atoms with Crippen molar-refractivity contribution in [3.8, 4) is 16.8 Å². The van der Waals surface area contributed by atoms with E-state index >= 15 is 4.39 Å². The number of benzene rings is 3. The lowest BCUT2D eigenvalue weighted by Gasteiger charge is -2.22. The first-order chi connectivity index (χ1) is 17.8. The third kappa shape index (κ3) is 4.06. The van der Waals surface area contributed by atoms with E-state index in [9.17, 15) is 14.4 Å². The highest BCUT2D eigenvalue weighted by Crippen LogP contribution is 2.34. The van der Waals surface area contributed by atoms with Crippen LogP contribution in [0.3, 0.4) is 0 Å². The Kier molecular flexibility index (Phi) is 6.08. The van der Waals surface area contributed by atoms with Crippen LogP contribution in [0.25, 0.3) is 16.8 Å². The number of hydrogen-bond acceptors (Lipinski definition) is 4. The number of aryl methyl sites for hydroxylation is 1. The van der Waals surface area contributed by atoms with E-state index in [-0.39, 0.29) is 29.5 Å². The van der Waals surface area contributed by atoms with E-state index in [0.29, 0.717) is 12.2 Å². The Morgan fingerprint density at radius 2 is 1.59 bits per heavy atom. The molecular weight excluding hydrogens is 475 g/mol. The summed E-state index contributed by atoms with van der Waals surface area (Å²) in [7, 11) is 3.02. The monoisotopic (exact) mass is 500 g/mol. The molecule has 188 valence electrons. The molecule has 1 saturated heterocycles. The molecule has 0 unspecified atom stereocenters. The van der Waals surface area contributed by atoms with Crippen LogP contribution in [0.1, 0.15) is 15.9 Å². The Morgan fingerprint density at radius 3 is 2.24 bits per heavy atom. The molecule has 0 spiro atoms. The zero-order valence-electron chi connectivity index (χ0n) is 20.6. The topological polar surface area (TPSA) is 92.5 Å². The molecule has 3 amide bonds. The molecule has 0 atom stereocenters. The van der Waals surface area contributed by atoms with Gasteiger partial charge in [0.25, 0.3) is 5.91 Å². The molecular formula is C27H25FN6O3. The molecule has 0 aliphatic carbocycles. The SMILES string of the molecule is CNC(=O)c1cccc(N2CCN(c3cccc(-c4ccc(-n5cnn(C)c5=O)cc4)c3C)C2=O)c1F. The van der Waals surface area contributed by atoms with Gasteiger partial charge in [-0.1, -0.05) is 30.3 Å². The van der Waals surface area contributed by atoms with Gasteiger partial charge in [0, 0.05) is 32.9 Å². The van der Waals surface area contributed by atoms with Crippen molar-refractivity contribution >= 4 is 23.3 Å². The van der Waals surface area contributed by atoms with Crippen LogP contribution in [-0.4, -0.2) is 46.4 Å². The molecule has 4 aromatic rings. The van der Waals surface area contributed by atoms with Crippen LogP contribution in [0.4, 0.5) is 20.6 Å². The number of halogens is 1. The summed E-state index contributed by atoms with van der Waals surface area (Å²) >= 11 is 0. The Bertz CT molecular complexity index is 1570. The first kappa shape index (κ1) is 24.0. The van der Waals surface area contributed by atoms with E-state index in [0.717, 1.165) is 22.4 Å². The van der Waals surface area contributed by atoms with Gasteiger partial charge in [-0.3, -0.25) is 14.6 Å². The summed E-state index contributed by atoms with van der Waals surface area (Å²) in [6.07, 6.45) is 1.47. The van der Waals surface area contributed by atoms with Gasteiger partial charge in [-0.15, -0.1) is 0 Å². The number of amides is 3. The molecule has 1 N–H and O–H groups in total. The van der Waals surface area contributed by atoms with Gasteiger partial charge in [0.1, 0.15) is 6.33 Å². The van der Waals surface area contributed by atoms with Crippen molar-refractivity contribution in [2.45, 2.75) is 6.92 Å². The maximum Gasteiger partial charge on any atom is 0.350 e. The second kappa shape index (κ2) is 9.38. The number of carbonyl (C=O) groups is 2. The Labute approximate surface area is 212 Å². The zero-order valence-corrected chi connectivity index (χ0v) is 20.6. The van der Waals surface area contributed by atoms with Gasteiger partial charge < -0.3 is 5.32 Å². The quantitative estimate of drug-likeness (QED) is 0.454. The molecule has 9 nitrogen and oxygen atoms in total. The summed E-state index contributed by atoms with van der Waals surface area (Å²) < 4.78 is 17.8. The highest BCUT2D eigenvalue weighted by molar-refractivity contribution is 6.07. The van der Waals surface area contributed by atoms with Crippen molar-refractivity contribution in [1.29, 1.82) is 0 Å². The summed E-state index contributed by atoms with van der Waals surface area (Å²) in [5.74, 6) is -1.28. The molecule has 37 heavy (non-hydrogen) atoms. The Hall–Kier alpha value is -4.73. The molecule has 1 aliphatic heterocycles. The van der Waals surface area contributed by atoms with Crippen molar-refractivity contribution in [3.63, 3.8) is 0 Å². The van der Waals surface area contributed by atoms with E-state index in [1.54, 1.807) is 18.0 Å². The Balaban J connectivity index is 1.44. The summed E-state index contributed by atoms with van der Waals surface area (Å²) in [5, 5.41) is 6.40. The molecule has 5 rings (SSSR count). The fourth-order valence-electron chi connectivity index (χ4n) is 4.61. The Morgan fingerprint density at radius 1 is 0.946 bits per heavy atom. The predicted octanol–water partition coefficient (Wildman–Crippen LogP) is 3.49. The first-order valence-corrected chi connectivity index (χ1v) is 11.7. The lowest BCUT2D eigenvalue weighted by Crippen LogP contribution is -2.33. The maximum absolute atomic E-state index is 15.1. The van der Waals surface area contributed by atoms with Gasteiger partial charge in [-0.25, -0.2) is 23.2 Å². The fraction of sp³-hybridized carbons (Fsp3) is 0.185. The van der Waals surface area contributed by atoms with Gasteiger partial charge in [0.05, 0.1) is 16.9 Å². The highest BCUT2D eigenvalue weighted by Gasteiger charge is 2.34. The molecule has 0 saturated carbocycles. The minimum absolute atomic E-state index is 0.0728. The molecule has 0 radical (unpaired) electrons. The lowest BCUT2D eigenvalue weighted by atomic mass is 9.98. The molecule has 1 fully saturated rings. The van der Waals surface area contributed by atoms with Gasteiger partial charge in [-0.2, -0.15) is 5.10 Å². The van der Waals surface area contributed by atoms with Crippen LogP contribution in [-0.2, 0) is 7.05 Å². The van der Waals surface area contributed by atoms with Crippen molar-refractivity contribution in [2.24, 2.45) is 7.05 Å². The van der Waals surface area contributed by atoms with Crippen LogP contribution >= 0.6 is 0 Å². The van der Waals surface area contributed by atoms with Crippen molar-refractivity contribution in [1.82, 2.24) is 19.7 Å². The lowest BCUT2D eigenvalue weighted by molar-refractivity contribution is 0.0959. The van der Waals surface area contributed by atoms with E-state index in [1.165, 1.54) is 39.7 Å². The van der Waals surface area contributed by atoms with Gasteiger partial charge in [0.15, 0.2) is 5.82 Å². The number of carbonyl (C=O) groups excluding carboxylic acids is 2. The number of urea groups is 1. The summed E-state index contributed by atoms with van der Waals surface area (Å²) in [5.41, 5.74) is 3.89.